The summed E-state index contributed by atoms with van der Waals surface area (Å²) in [6, 6.07) is 0. The first-order valence-corrected chi connectivity index (χ1v) is 4.31. The number of aromatic amines is 1. The summed E-state index contributed by atoms with van der Waals surface area (Å²) in [4.78, 5) is 23.9. The topological polar surface area (TPSA) is 104 Å². The molecule has 1 aromatic rings. The van der Waals surface area contributed by atoms with Crippen LogP contribution in [0.3, 0.4) is 0 Å². The monoisotopic (exact) mass is 211 g/mol. The Hall–Kier alpha value is -2.05. The van der Waals surface area contributed by atoms with Crippen LogP contribution in [0.5, 0.6) is 0 Å². The van der Waals surface area contributed by atoms with Crippen molar-refractivity contribution in [3.63, 3.8) is 0 Å². The highest BCUT2D eigenvalue weighted by Crippen LogP contribution is 2.08. The smallest absolute Gasteiger partial charge is 0.274 e. The zero-order valence-corrected chi connectivity index (χ0v) is 8.57. The lowest BCUT2D eigenvalue weighted by atomic mass is 10.3. The largest absolute Gasteiger partial charge is 0.396 e. The van der Waals surface area contributed by atoms with Crippen LogP contribution in [0.25, 0.3) is 0 Å². The second-order valence-electron chi connectivity index (χ2n) is 3.03. The number of aromatic nitrogens is 2. The number of carbonyl (C=O) groups is 2. The van der Waals surface area contributed by atoms with E-state index in [1.54, 1.807) is 0 Å². The van der Waals surface area contributed by atoms with E-state index in [2.05, 4.69) is 15.5 Å². The Morgan fingerprint density at radius 2 is 2.33 bits per heavy atom. The van der Waals surface area contributed by atoms with Crippen molar-refractivity contribution in [1.29, 1.82) is 0 Å². The van der Waals surface area contributed by atoms with Crippen molar-refractivity contribution < 1.29 is 9.59 Å². The summed E-state index contributed by atoms with van der Waals surface area (Å²) in [6.45, 7) is -0.0200. The first-order valence-electron chi connectivity index (χ1n) is 4.31. The third-order valence-electron chi connectivity index (χ3n) is 1.89. The number of amides is 2. The van der Waals surface area contributed by atoms with Crippen molar-refractivity contribution in [2.45, 2.75) is 0 Å². The van der Waals surface area contributed by atoms with Crippen molar-refractivity contribution in [3.05, 3.63) is 11.9 Å². The van der Waals surface area contributed by atoms with Crippen LogP contribution in [0.1, 0.15) is 10.5 Å². The summed E-state index contributed by atoms with van der Waals surface area (Å²) in [5.41, 5.74) is 5.96. The van der Waals surface area contributed by atoms with Gasteiger partial charge in [-0.3, -0.25) is 14.7 Å². The first kappa shape index (κ1) is 11.0. The van der Waals surface area contributed by atoms with E-state index in [0.29, 0.717) is 0 Å². The number of likely N-dealkylation sites (N-methyl/N-ethyl adjacent to an activating group) is 2. The Bertz CT molecular complexity index is 373. The Labute approximate surface area is 86.6 Å². The van der Waals surface area contributed by atoms with E-state index < -0.39 is 0 Å². The lowest BCUT2D eigenvalue weighted by Crippen LogP contribution is -2.37. The van der Waals surface area contributed by atoms with Crippen molar-refractivity contribution in [2.24, 2.45) is 0 Å². The molecule has 7 nitrogen and oxygen atoms in total. The normalized spacial score (nSPS) is 9.73. The molecule has 0 spiro atoms. The van der Waals surface area contributed by atoms with Crippen molar-refractivity contribution in [1.82, 2.24) is 20.4 Å². The van der Waals surface area contributed by atoms with Gasteiger partial charge in [0.25, 0.3) is 5.91 Å². The van der Waals surface area contributed by atoms with Crippen LogP contribution in [0.2, 0.25) is 0 Å². The summed E-state index contributed by atoms with van der Waals surface area (Å²) < 4.78 is 0. The van der Waals surface area contributed by atoms with E-state index in [1.165, 1.54) is 25.2 Å². The van der Waals surface area contributed by atoms with Gasteiger partial charge in [-0.1, -0.05) is 0 Å². The summed E-state index contributed by atoms with van der Waals surface area (Å²) in [5.74, 6) is -0.613. The molecule has 82 valence electrons. The summed E-state index contributed by atoms with van der Waals surface area (Å²) in [7, 11) is 3.02. The van der Waals surface area contributed by atoms with Gasteiger partial charge in [0, 0.05) is 14.1 Å². The molecule has 0 saturated carbocycles. The molecule has 0 fully saturated rings. The van der Waals surface area contributed by atoms with E-state index in [-0.39, 0.29) is 29.7 Å². The van der Waals surface area contributed by atoms with Crippen LogP contribution in [0.4, 0.5) is 5.69 Å². The summed E-state index contributed by atoms with van der Waals surface area (Å²) >= 11 is 0. The van der Waals surface area contributed by atoms with Gasteiger partial charge in [-0.2, -0.15) is 5.10 Å². The Kier molecular flexibility index (Phi) is 3.27. The predicted molar refractivity (Wildman–Crippen MR) is 54.0 cm³/mol. The third kappa shape index (κ3) is 2.46. The minimum absolute atomic E-state index is 0.0200. The zero-order valence-electron chi connectivity index (χ0n) is 8.57. The molecule has 15 heavy (non-hydrogen) atoms. The van der Waals surface area contributed by atoms with Gasteiger partial charge in [-0.25, -0.2) is 0 Å². The maximum absolute atomic E-state index is 11.7. The van der Waals surface area contributed by atoms with Crippen LogP contribution in [0, 0.1) is 0 Å². The minimum Gasteiger partial charge on any atom is -0.396 e. The SMILES string of the molecule is CNC(=O)CN(C)C(=O)c1[nH]ncc1N. The van der Waals surface area contributed by atoms with Gasteiger partial charge in [-0.15, -0.1) is 0 Å². The van der Waals surface area contributed by atoms with Gasteiger partial charge in [-0.05, 0) is 0 Å². The molecular weight excluding hydrogens is 198 g/mol. The molecule has 0 aromatic carbocycles. The van der Waals surface area contributed by atoms with Gasteiger partial charge in [0.1, 0.15) is 5.69 Å². The fraction of sp³-hybridized carbons (Fsp3) is 0.375. The number of carbonyl (C=O) groups excluding carboxylic acids is 2. The van der Waals surface area contributed by atoms with Crippen LogP contribution < -0.4 is 11.1 Å². The number of anilines is 1. The second-order valence-corrected chi connectivity index (χ2v) is 3.03. The van der Waals surface area contributed by atoms with Crippen LogP contribution in [0.15, 0.2) is 6.20 Å². The molecule has 4 N–H and O–H groups in total. The fourth-order valence-electron chi connectivity index (χ4n) is 1.02. The van der Waals surface area contributed by atoms with Crippen molar-refractivity contribution in [2.75, 3.05) is 26.4 Å². The lowest BCUT2D eigenvalue weighted by Gasteiger charge is -2.14. The Morgan fingerprint density at radius 1 is 1.67 bits per heavy atom. The molecule has 0 atom stereocenters. The predicted octanol–water partition coefficient (Wildman–Crippen LogP) is -1.19. The number of nitrogens with one attached hydrogen (secondary N) is 2. The molecule has 2 amide bonds. The number of rotatable bonds is 3. The molecule has 1 rings (SSSR count). The molecule has 0 radical (unpaired) electrons. The van der Waals surface area contributed by atoms with Gasteiger partial charge in [0.05, 0.1) is 18.4 Å². The maximum Gasteiger partial charge on any atom is 0.274 e. The zero-order chi connectivity index (χ0) is 11.4. The highest BCUT2D eigenvalue weighted by atomic mass is 16.2. The van der Waals surface area contributed by atoms with Crippen LogP contribution in [-0.2, 0) is 4.79 Å². The van der Waals surface area contributed by atoms with Gasteiger partial charge >= 0.3 is 0 Å². The molecule has 0 saturated heterocycles. The van der Waals surface area contributed by atoms with E-state index in [4.69, 9.17) is 5.73 Å². The number of nitrogens with two attached hydrogens (primary N) is 1. The highest BCUT2D eigenvalue weighted by molar-refractivity contribution is 5.98. The first-order chi connectivity index (χ1) is 7.06. The Balaban J connectivity index is 2.69. The summed E-state index contributed by atoms with van der Waals surface area (Å²) in [6.07, 6.45) is 1.35. The third-order valence-corrected chi connectivity index (χ3v) is 1.89. The lowest BCUT2D eigenvalue weighted by molar-refractivity contribution is -0.121. The fourth-order valence-corrected chi connectivity index (χ4v) is 1.02. The van der Waals surface area contributed by atoms with Crippen molar-refractivity contribution in [3.8, 4) is 0 Å². The quantitative estimate of drug-likeness (QED) is 0.584. The molecule has 0 aliphatic carbocycles. The number of nitrogens with zero attached hydrogens (tertiary/aromatic N) is 2. The Morgan fingerprint density at radius 3 is 2.80 bits per heavy atom. The van der Waals surface area contributed by atoms with Crippen LogP contribution in [-0.4, -0.2) is 47.6 Å². The maximum atomic E-state index is 11.7. The molecule has 0 unspecified atom stereocenters. The minimum atomic E-state index is -0.367. The number of nitrogen functional groups attached to an aromatic ring is 1. The van der Waals surface area contributed by atoms with E-state index in [9.17, 15) is 9.59 Å². The number of hydrogen-bond donors (Lipinski definition) is 3. The molecule has 1 aromatic heterocycles. The highest BCUT2D eigenvalue weighted by Gasteiger charge is 2.17. The molecule has 7 heteroatoms. The van der Waals surface area contributed by atoms with Gasteiger partial charge < -0.3 is 16.0 Å². The molecular formula is C8H13N5O2. The average molecular weight is 211 g/mol. The van der Waals surface area contributed by atoms with Gasteiger partial charge in [0.2, 0.25) is 5.91 Å². The number of hydrogen-bond acceptors (Lipinski definition) is 4. The molecule has 0 bridgehead atoms. The van der Waals surface area contributed by atoms with E-state index in [0.717, 1.165) is 0 Å². The summed E-state index contributed by atoms with van der Waals surface area (Å²) in [5, 5.41) is 8.53. The van der Waals surface area contributed by atoms with E-state index >= 15 is 0 Å². The molecule has 0 aliphatic heterocycles. The number of H-pyrrole nitrogens is 1. The standard InChI is InChI=1S/C8H13N5O2/c1-10-6(14)4-13(2)8(15)7-5(9)3-11-12-7/h3H,4,9H2,1-2H3,(H,10,14)(H,11,12). The van der Waals surface area contributed by atoms with Crippen molar-refractivity contribution >= 4 is 17.5 Å². The molecule has 0 aliphatic rings. The average Bonchev–Trinajstić information content (AvgIpc) is 2.63. The van der Waals surface area contributed by atoms with Gasteiger partial charge in [0.15, 0.2) is 0 Å². The second kappa shape index (κ2) is 4.45. The molecule has 1 heterocycles. The van der Waals surface area contributed by atoms with E-state index in [1.807, 2.05) is 0 Å². The van der Waals surface area contributed by atoms with Crippen LogP contribution >= 0.6 is 0 Å².